The van der Waals surface area contributed by atoms with Crippen molar-refractivity contribution in [2.45, 2.75) is 52.0 Å². The Kier molecular flexibility index (Phi) is 4.14. The zero-order valence-corrected chi connectivity index (χ0v) is 10.3. The summed E-state index contributed by atoms with van der Waals surface area (Å²) < 4.78 is 0. The van der Waals surface area contributed by atoms with E-state index >= 15 is 0 Å². The molecule has 0 spiro atoms. The fourth-order valence-electron chi connectivity index (χ4n) is 2.32. The van der Waals surface area contributed by atoms with Gasteiger partial charge < -0.3 is 10.6 Å². The van der Waals surface area contributed by atoms with Crippen molar-refractivity contribution in [1.82, 2.24) is 4.90 Å². The normalized spacial score (nSPS) is 21.7. The molecule has 3 heteroatoms. The van der Waals surface area contributed by atoms with Crippen molar-refractivity contribution in [3.05, 3.63) is 0 Å². The van der Waals surface area contributed by atoms with Crippen molar-refractivity contribution >= 4 is 5.91 Å². The second-order valence-electron chi connectivity index (χ2n) is 5.18. The maximum absolute atomic E-state index is 12.1. The van der Waals surface area contributed by atoms with Crippen LogP contribution in [0.4, 0.5) is 0 Å². The Hall–Kier alpha value is -0.570. The van der Waals surface area contributed by atoms with Crippen LogP contribution in [0.2, 0.25) is 0 Å². The molecule has 1 rings (SSSR count). The molecule has 1 saturated heterocycles. The van der Waals surface area contributed by atoms with Gasteiger partial charge in [0.25, 0.3) is 0 Å². The molecule has 15 heavy (non-hydrogen) atoms. The molecule has 3 nitrogen and oxygen atoms in total. The van der Waals surface area contributed by atoms with Crippen LogP contribution in [0, 0.1) is 5.92 Å². The van der Waals surface area contributed by atoms with Crippen molar-refractivity contribution in [2.75, 3.05) is 13.1 Å². The predicted molar refractivity (Wildman–Crippen MR) is 62.5 cm³/mol. The van der Waals surface area contributed by atoms with Gasteiger partial charge in [0.1, 0.15) is 0 Å². The first kappa shape index (κ1) is 12.5. The van der Waals surface area contributed by atoms with Gasteiger partial charge in [-0.25, -0.2) is 0 Å². The molecule has 1 unspecified atom stereocenters. The Bertz CT molecular complexity index is 222. The lowest BCUT2D eigenvalue weighted by atomic mass is 9.98. The summed E-state index contributed by atoms with van der Waals surface area (Å²) in [6.07, 6.45) is 3.88. The monoisotopic (exact) mass is 212 g/mol. The highest BCUT2D eigenvalue weighted by molar-refractivity contribution is 5.77. The third-order valence-corrected chi connectivity index (χ3v) is 3.58. The summed E-state index contributed by atoms with van der Waals surface area (Å²) in [5, 5.41) is 0. The van der Waals surface area contributed by atoms with Crippen molar-refractivity contribution in [2.24, 2.45) is 11.7 Å². The van der Waals surface area contributed by atoms with E-state index in [2.05, 4.69) is 20.8 Å². The summed E-state index contributed by atoms with van der Waals surface area (Å²) in [5.41, 5.74) is 5.69. The Morgan fingerprint density at radius 3 is 2.60 bits per heavy atom. The highest BCUT2D eigenvalue weighted by Crippen LogP contribution is 2.29. The maximum Gasteiger partial charge on any atom is 0.223 e. The van der Waals surface area contributed by atoms with E-state index in [1.54, 1.807) is 0 Å². The molecule has 1 heterocycles. The molecule has 0 aromatic rings. The SMILES string of the molecule is CCC(CN)CC(=O)N1CCCC1(C)C. The topological polar surface area (TPSA) is 46.3 Å². The third-order valence-electron chi connectivity index (χ3n) is 3.58. The van der Waals surface area contributed by atoms with Crippen LogP contribution in [-0.2, 0) is 4.79 Å². The van der Waals surface area contributed by atoms with E-state index in [1.807, 2.05) is 4.90 Å². The Balaban J connectivity index is 2.53. The van der Waals surface area contributed by atoms with Gasteiger partial charge in [-0.05, 0) is 39.2 Å². The largest absolute Gasteiger partial charge is 0.338 e. The first-order chi connectivity index (χ1) is 7.01. The smallest absolute Gasteiger partial charge is 0.223 e. The molecule has 2 N–H and O–H groups in total. The first-order valence-corrected chi connectivity index (χ1v) is 6.01. The zero-order chi connectivity index (χ0) is 11.5. The molecule has 0 bridgehead atoms. The van der Waals surface area contributed by atoms with Gasteiger partial charge in [0, 0.05) is 18.5 Å². The van der Waals surface area contributed by atoms with Crippen molar-refractivity contribution < 1.29 is 4.79 Å². The number of carbonyl (C=O) groups is 1. The summed E-state index contributed by atoms with van der Waals surface area (Å²) in [5.74, 6) is 0.642. The van der Waals surface area contributed by atoms with Crippen LogP contribution in [0.15, 0.2) is 0 Å². The van der Waals surface area contributed by atoms with Crippen LogP contribution in [0.1, 0.15) is 46.5 Å². The van der Waals surface area contributed by atoms with Gasteiger partial charge in [-0.1, -0.05) is 13.3 Å². The minimum atomic E-state index is 0.0595. The van der Waals surface area contributed by atoms with E-state index in [0.29, 0.717) is 18.9 Å². The van der Waals surface area contributed by atoms with Gasteiger partial charge in [0.2, 0.25) is 5.91 Å². The van der Waals surface area contributed by atoms with Crippen molar-refractivity contribution in [3.8, 4) is 0 Å². The van der Waals surface area contributed by atoms with Gasteiger partial charge in [0.15, 0.2) is 0 Å². The lowest BCUT2D eigenvalue weighted by Gasteiger charge is -2.32. The lowest BCUT2D eigenvalue weighted by molar-refractivity contribution is -0.135. The average molecular weight is 212 g/mol. The van der Waals surface area contributed by atoms with Crippen LogP contribution in [0.25, 0.3) is 0 Å². The summed E-state index contributed by atoms with van der Waals surface area (Å²) in [4.78, 5) is 14.1. The number of likely N-dealkylation sites (tertiary alicyclic amines) is 1. The number of hydrogen-bond acceptors (Lipinski definition) is 2. The second-order valence-corrected chi connectivity index (χ2v) is 5.18. The molecule has 1 aliphatic heterocycles. The van der Waals surface area contributed by atoms with Crippen LogP contribution < -0.4 is 5.73 Å². The third kappa shape index (κ3) is 2.94. The van der Waals surface area contributed by atoms with Gasteiger partial charge >= 0.3 is 0 Å². The van der Waals surface area contributed by atoms with E-state index in [1.165, 1.54) is 0 Å². The van der Waals surface area contributed by atoms with Gasteiger partial charge in [-0.2, -0.15) is 0 Å². The lowest BCUT2D eigenvalue weighted by Crippen LogP contribution is -2.43. The summed E-state index contributed by atoms with van der Waals surface area (Å²) in [6, 6.07) is 0. The Labute approximate surface area is 93.0 Å². The highest BCUT2D eigenvalue weighted by atomic mass is 16.2. The highest BCUT2D eigenvalue weighted by Gasteiger charge is 2.35. The predicted octanol–water partition coefficient (Wildman–Crippen LogP) is 1.76. The maximum atomic E-state index is 12.1. The molecule has 0 radical (unpaired) electrons. The molecule has 1 fully saturated rings. The minimum Gasteiger partial charge on any atom is -0.338 e. The quantitative estimate of drug-likeness (QED) is 0.772. The molecule has 1 aliphatic rings. The van der Waals surface area contributed by atoms with Crippen LogP contribution in [0.5, 0.6) is 0 Å². The number of nitrogens with zero attached hydrogens (tertiary/aromatic N) is 1. The summed E-state index contributed by atoms with van der Waals surface area (Å²) in [6.45, 7) is 7.95. The standard InChI is InChI=1S/C12H24N2O/c1-4-10(9-13)8-11(15)14-7-5-6-12(14,2)3/h10H,4-9,13H2,1-3H3. The molecule has 1 amide bonds. The van der Waals surface area contributed by atoms with Crippen LogP contribution in [0.3, 0.4) is 0 Å². The van der Waals surface area contributed by atoms with E-state index in [9.17, 15) is 4.79 Å². The number of nitrogens with two attached hydrogens (primary N) is 1. The number of rotatable bonds is 4. The molecular formula is C12H24N2O. The number of amides is 1. The summed E-state index contributed by atoms with van der Waals surface area (Å²) in [7, 11) is 0. The van der Waals surface area contributed by atoms with Crippen LogP contribution >= 0.6 is 0 Å². The van der Waals surface area contributed by atoms with E-state index < -0.39 is 0 Å². The second kappa shape index (κ2) is 4.97. The van der Waals surface area contributed by atoms with Crippen molar-refractivity contribution in [3.63, 3.8) is 0 Å². The fraction of sp³-hybridized carbons (Fsp3) is 0.917. The number of carbonyl (C=O) groups excluding carboxylic acids is 1. The van der Waals surface area contributed by atoms with E-state index in [-0.39, 0.29) is 11.4 Å². The van der Waals surface area contributed by atoms with Crippen molar-refractivity contribution in [1.29, 1.82) is 0 Å². The molecule has 0 aliphatic carbocycles. The van der Waals surface area contributed by atoms with E-state index in [4.69, 9.17) is 5.73 Å². The van der Waals surface area contributed by atoms with Gasteiger partial charge in [0.05, 0.1) is 0 Å². The fourth-order valence-corrected chi connectivity index (χ4v) is 2.32. The molecular weight excluding hydrogens is 188 g/mol. The minimum absolute atomic E-state index is 0.0595. The molecule has 0 aromatic carbocycles. The molecule has 1 atom stereocenters. The first-order valence-electron chi connectivity index (χ1n) is 6.01. The van der Waals surface area contributed by atoms with Gasteiger partial charge in [-0.3, -0.25) is 4.79 Å². The molecule has 0 saturated carbocycles. The molecule has 0 aromatic heterocycles. The average Bonchev–Trinajstić information content (AvgIpc) is 2.54. The van der Waals surface area contributed by atoms with Gasteiger partial charge in [-0.15, -0.1) is 0 Å². The zero-order valence-electron chi connectivity index (χ0n) is 10.3. The summed E-state index contributed by atoms with van der Waals surface area (Å²) >= 11 is 0. The van der Waals surface area contributed by atoms with E-state index in [0.717, 1.165) is 25.8 Å². The van der Waals surface area contributed by atoms with Crippen LogP contribution in [-0.4, -0.2) is 29.4 Å². The Morgan fingerprint density at radius 2 is 2.20 bits per heavy atom. The Morgan fingerprint density at radius 1 is 1.53 bits per heavy atom. The number of hydrogen-bond donors (Lipinski definition) is 1. The molecule has 88 valence electrons.